The van der Waals surface area contributed by atoms with Crippen LogP contribution in [0.15, 0.2) is 42.5 Å². The summed E-state index contributed by atoms with van der Waals surface area (Å²) in [5.41, 5.74) is 4.18. The molecule has 8 heteroatoms. The zero-order chi connectivity index (χ0) is 24.4. The van der Waals surface area contributed by atoms with Crippen molar-refractivity contribution in [3.8, 4) is 0 Å². The molecule has 0 aliphatic rings. The smallest absolute Gasteiger partial charge is 0.355 e. The molecule has 2 N–H and O–H groups in total. The third-order valence-corrected chi connectivity index (χ3v) is 5.83. The minimum atomic E-state index is -0.682. The summed E-state index contributed by atoms with van der Waals surface area (Å²) in [6.07, 6.45) is 0. The number of esters is 2. The van der Waals surface area contributed by atoms with Crippen molar-refractivity contribution in [3.63, 3.8) is 0 Å². The molecule has 0 atom stereocenters. The van der Waals surface area contributed by atoms with Crippen LogP contribution in [0.1, 0.15) is 46.0 Å². The van der Waals surface area contributed by atoms with Crippen molar-refractivity contribution in [2.24, 2.45) is 0 Å². The summed E-state index contributed by atoms with van der Waals surface area (Å²) in [4.78, 5) is 40.0. The van der Waals surface area contributed by atoms with Gasteiger partial charge >= 0.3 is 11.9 Å². The van der Waals surface area contributed by atoms with E-state index in [1.54, 1.807) is 20.8 Å². The van der Waals surface area contributed by atoms with E-state index >= 15 is 0 Å². The lowest BCUT2D eigenvalue weighted by molar-refractivity contribution is -0.119. The van der Waals surface area contributed by atoms with Crippen LogP contribution >= 0.6 is 0 Å². The fourth-order valence-electron chi connectivity index (χ4n) is 4.34. The maximum absolute atomic E-state index is 12.6. The van der Waals surface area contributed by atoms with E-state index in [4.69, 9.17) is 9.47 Å². The molecule has 0 aliphatic carbocycles. The van der Waals surface area contributed by atoms with Crippen molar-refractivity contribution in [2.45, 2.75) is 34.2 Å². The quantitative estimate of drug-likeness (QED) is 0.387. The number of para-hydroxylation sites is 1. The fraction of sp³-hybridized carbons (Fsp3) is 0.269. The Morgan fingerprint density at radius 3 is 2.41 bits per heavy atom. The molecular weight excluding hydrogens is 434 g/mol. The first-order valence-corrected chi connectivity index (χ1v) is 11.2. The molecule has 0 bridgehead atoms. The number of aryl methyl sites for hydroxylation is 2. The lowest BCUT2D eigenvalue weighted by Crippen LogP contribution is -2.21. The summed E-state index contributed by atoms with van der Waals surface area (Å²) < 4.78 is 12.5. The number of fused-ring (bicyclic) bond motifs is 3. The predicted octanol–water partition coefficient (Wildman–Crippen LogP) is 4.73. The summed E-state index contributed by atoms with van der Waals surface area (Å²) in [7, 11) is 0. The van der Waals surface area contributed by atoms with Crippen LogP contribution in [-0.2, 0) is 20.8 Å². The van der Waals surface area contributed by atoms with Gasteiger partial charge in [-0.3, -0.25) is 4.79 Å². The Morgan fingerprint density at radius 1 is 0.941 bits per heavy atom. The zero-order valence-corrected chi connectivity index (χ0v) is 19.7. The molecule has 8 nitrogen and oxygen atoms in total. The molecule has 34 heavy (non-hydrogen) atoms. The minimum Gasteiger partial charge on any atom is -0.461 e. The molecule has 2 heterocycles. The Bertz CT molecular complexity index is 1410. The number of ether oxygens (including phenoxy) is 2. The number of H-pyrrole nitrogens is 1. The summed E-state index contributed by atoms with van der Waals surface area (Å²) >= 11 is 0. The third-order valence-electron chi connectivity index (χ3n) is 5.83. The van der Waals surface area contributed by atoms with Gasteiger partial charge < -0.3 is 24.3 Å². The summed E-state index contributed by atoms with van der Waals surface area (Å²) in [6, 6.07) is 13.9. The van der Waals surface area contributed by atoms with E-state index in [1.807, 2.05) is 30.3 Å². The van der Waals surface area contributed by atoms with Crippen molar-refractivity contribution in [1.82, 2.24) is 9.55 Å². The molecule has 0 radical (unpaired) electrons. The monoisotopic (exact) mass is 461 g/mol. The number of aromatic nitrogens is 2. The topological polar surface area (TPSA) is 102 Å². The Balaban J connectivity index is 1.47. The molecule has 0 unspecified atom stereocenters. The Morgan fingerprint density at radius 2 is 1.68 bits per heavy atom. The maximum Gasteiger partial charge on any atom is 0.355 e. The van der Waals surface area contributed by atoms with E-state index in [0.29, 0.717) is 16.9 Å². The molecule has 4 aromatic rings. The van der Waals surface area contributed by atoms with Crippen molar-refractivity contribution in [2.75, 3.05) is 18.5 Å². The number of anilines is 1. The maximum atomic E-state index is 12.6. The van der Waals surface area contributed by atoms with E-state index in [9.17, 15) is 14.4 Å². The third kappa shape index (κ3) is 4.14. The molecule has 176 valence electrons. The standard InChI is InChI=1S/C26H27N3O5/c1-5-29-20-10-8-7-9-18(20)19-13-17(11-12-21(19)29)28-22(30)14-34-25(31)23-15(3)24(27-16(23)4)26(32)33-6-2/h7-13,27H,5-6,14H2,1-4H3,(H,28,30). The number of aromatic amines is 1. The van der Waals surface area contributed by atoms with Gasteiger partial charge in [0.1, 0.15) is 5.69 Å². The number of hydrogen-bond acceptors (Lipinski definition) is 5. The average molecular weight is 462 g/mol. The number of carbonyl (C=O) groups excluding carboxylic acids is 3. The number of nitrogens with zero attached hydrogens (tertiary/aromatic N) is 1. The highest BCUT2D eigenvalue weighted by Crippen LogP contribution is 2.31. The van der Waals surface area contributed by atoms with Crippen molar-refractivity contribution >= 4 is 45.3 Å². The van der Waals surface area contributed by atoms with Crippen LogP contribution in [0.3, 0.4) is 0 Å². The van der Waals surface area contributed by atoms with E-state index < -0.39 is 24.5 Å². The molecule has 2 aromatic carbocycles. The highest BCUT2D eigenvalue weighted by Gasteiger charge is 2.24. The van der Waals surface area contributed by atoms with Gasteiger partial charge in [-0.2, -0.15) is 0 Å². The van der Waals surface area contributed by atoms with Gasteiger partial charge in [0, 0.05) is 39.7 Å². The number of amides is 1. The number of nitrogens with one attached hydrogen (secondary N) is 2. The SMILES string of the molecule is CCOC(=O)c1[nH]c(C)c(C(=O)OCC(=O)Nc2ccc3c(c2)c2ccccc2n3CC)c1C. The first kappa shape index (κ1) is 23.1. The van der Waals surface area contributed by atoms with Crippen molar-refractivity contribution in [3.05, 3.63) is 65.0 Å². The van der Waals surface area contributed by atoms with Crippen LogP contribution < -0.4 is 5.32 Å². The van der Waals surface area contributed by atoms with E-state index in [-0.39, 0.29) is 17.9 Å². The lowest BCUT2D eigenvalue weighted by atomic mass is 10.1. The van der Waals surface area contributed by atoms with Crippen LogP contribution in [0.2, 0.25) is 0 Å². The summed E-state index contributed by atoms with van der Waals surface area (Å²) in [5, 5.41) is 4.94. The first-order valence-electron chi connectivity index (χ1n) is 11.2. The Hall–Kier alpha value is -4.07. The van der Waals surface area contributed by atoms with Crippen LogP contribution in [0, 0.1) is 13.8 Å². The molecular formula is C26H27N3O5. The second-order valence-corrected chi connectivity index (χ2v) is 7.96. The first-order chi connectivity index (χ1) is 16.3. The molecule has 0 fully saturated rings. The number of benzene rings is 2. The van der Waals surface area contributed by atoms with Gasteiger partial charge in [0.25, 0.3) is 5.91 Å². The van der Waals surface area contributed by atoms with Gasteiger partial charge in [-0.1, -0.05) is 18.2 Å². The van der Waals surface area contributed by atoms with Gasteiger partial charge in [-0.25, -0.2) is 9.59 Å². The number of hydrogen-bond donors (Lipinski definition) is 2. The fourth-order valence-corrected chi connectivity index (χ4v) is 4.34. The van der Waals surface area contributed by atoms with Crippen LogP contribution in [-0.4, -0.2) is 40.6 Å². The highest BCUT2D eigenvalue weighted by molar-refractivity contribution is 6.10. The van der Waals surface area contributed by atoms with Gasteiger partial charge in [-0.05, 0) is 57.5 Å². The second-order valence-electron chi connectivity index (χ2n) is 7.96. The van der Waals surface area contributed by atoms with E-state index in [1.165, 1.54) is 0 Å². The number of rotatable bonds is 7. The van der Waals surface area contributed by atoms with E-state index in [2.05, 4.69) is 33.9 Å². The molecule has 0 spiro atoms. The van der Waals surface area contributed by atoms with Gasteiger partial charge in [0.15, 0.2) is 6.61 Å². The molecule has 0 aliphatic heterocycles. The summed E-state index contributed by atoms with van der Waals surface area (Å²) in [6.45, 7) is 7.70. The highest BCUT2D eigenvalue weighted by atomic mass is 16.5. The molecule has 4 rings (SSSR count). The van der Waals surface area contributed by atoms with Gasteiger partial charge in [0.2, 0.25) is 0 Å². The second kappa shape index (κ2) is 9.43. The Kier molecular flexibility index (Phi) is 6.40. The van der Waals surface area contributed by atoms with Crippen LogP contribution in [0.5, 0.6) is 0 Å². The molecule has 2 aromatic heterocycles. The van der Waals surface area contributed by atoms with Gasteiger partial charge in [0.05, 0.1) is 12.2 Å². The normalized spacial score (nSPS) is 11.1. The van der Waals surface area contributed by atoms with Crippen molar-refractivity contribution in [1.29, 1.82) is 0 Å². The van der Waals surface area contributed by atoms with Gasteiger partial charge in [-0.15, -0.1) is 0 Å². The zero-order valence-electron chi connectivity index (χ0n) is 19.7. The summed E-state index contributed by atoms with van der Waals surface area (Å²) in [5.74, 6) is -1.68. The van der Waals surface area contributed by atoms with Crippen LogP contribution in [0.25, 0.3) is 21.8 Å². The minimum absolute atomic E-state index is 0.204. The van der Waals surface area contributed by atoms with Crippen molar-refractivity contribution < 1.29 is 23.9 Å². The largest absolute Gasteiger partial charge is 0.461 e. The Labute approximate surface area is 196 Å². The molecule has 0 saturated heterocycles. The number of carbonyl (C=O) groups is 3. The van der Waals surface area contributed by atoms with Crippen LogP contribution in [0.4, 0.5) is 5.69 Å². The molecule has 0 saturated carbocycles. The molecule has 1 amide bonds. The van der Waals surface area contributed by atoms with E-state index in [0.717, 1.165) is 28.4 Å². The predicted molar refractivity (Wildman–Crippen MR) is 130 cm³/mol. The average Bonchev–Trinajstić information content (AvgIpc) is 3.30. The lowest BCUT2D eigenvalue weighted by Gasteiger charge is -2.08.